The van der Waals surface area contributed by atoms with Gasteiger partial charge in [-0.1, -0.05) is 0 Å². The summed E-state index contributed by atoms with van der Waals surface area (Å²) in [6, 6.07) is 1.10. The van der Waals surface area contributed by atoms with Crippen LogP contribution >= 0.6 is 0 Å². The maximum atomic E-state index is 13.5. The van der Waals surface area contributed by atoms with E-state index in [2.05, 4.69) is 15.2 Å². The Morgan fingerprint density at radius 2 is 1.82 bits per heavy atom. The predicted octanol–water partition coefficient (Wildman–Crippen LogP) is 2.93. The molecule has 0 aromatic carbocycles. The minimum Gasteiger partial charge on any atom is -0.495 e. The highest BCUT2D eigenvalue weighted by atomic mass is 19.4. The largest absolute Gasteiger partial charge is 0.495 e. The molecule has 3 aromatic rings. The first-order valence-corrected chi connectivity index (χ1v) is 7.63. The van der Waals surface area contributed by atoms with Crippen molar-refractivity contribution in [3.63, 3.8) is 0 Å². The molecule has 0 bridgehead atoms. The van der Waals surface area contributed by atoms with E-state index in [9.17, 15) is 31.1 Å². The van der Waals surface area contributed by atoms with Gasteiger partial charge in [-0.15, -0.1) is 0 Å². The predicted molar refractivity (Wildman–Crippen MR) is 82.7 cm³/mol. The number of aromatic nitrogens is 5. The number of halogens is 6. The number of ether oxygens (including phenoxy) is 1. The molecule has 0 saturated carbocycles. The fourth-order valence-electron chi connectivity index (χ4n) is 2.45. The van der Waals surface area contributed by atoms with Gasteiger partial charge in [0.15, 0.2) is 11.3 Å². The molecule has 0 aliphatic heterocycles. The summed E-state index contributed by atoms with van der Waals surface area (Å²) in [6.07, 6.45) is -7.78. The highest BCUT2D eigenvalue weighted by Crippen LogP contribution is 2.34. The van der Waals surface area contributed by atoms with Crippen molar-refractivity contribution in [3.05, 3.63) is 40.7 Å². The van der Waals surface area contributed by atoms with E-state index in [1.54, 1.807) is 0 Å². The average Bonchev–Trinajstić information content (AvgIpc) is 3.06. The van der Waals surface area contributed by atoms with Gasteiger partial charge in [-0.3, -0.25) is 9.48 Å². The number of methoxy groups -OCH3 is 1. The molecule has 0 N–H and O–H groups in total. The van der Waals surface area contributed by atoms with E-state index in [-0.39, 0.29) is 11.3 Å². The van der Waals surface area contributed by atoms with Gasteiger partial charge in [-0.2, -0.15) is 41.1 Å². The summed E-state index contributed by atoms with van der Waals surface area (Å²) >= 11 is 0. The van der Waals surface area contributed by atoms with Gasteiger partial charge in [0.25, 0.3) is 5.56 Å². The lowest BCUT2D eigenvalue weighted by Gasteiger charge is -2.12. The van der Waals surface area contributed by atoms with Crippen molar-refractivity contribution in [3.8, 4) is 16.9 Å². The minimum absolute atomic E-state index is 0.0905. The second-order valence-corrected chi connectivity index (χ2v) is 5.66. The van der Waals surface area contributed by atoms with Gasteiger partial charge in [0.2, 0.25) is 0 Å². The number of nitrogens with zero attached hydrogens (tertiary/aromatic N) is 5. The van der Waals surface area contributed by atoms with E-state index in [0.717, 1.165) is 29.3 Å². The fraction of sp³-hybridized carbons (Fsp3) is 0.333. The minimum atomic E-state index is -5.00. The number of hydrogen-bond acceptors (Lipinski definition) is 5. The molecule has 0 aliphatic carbocycles. The Hall–Kier alpha value is -3.12. The van der Waals surface area contributed by atoms with Crippen molar-refractivity contribution in [2.75, 3.05) is 7.11 Å². The second kappa shape index (κ2) is 6.80. The van der Waals surface area contributed by atoms with Crippen LogP contribution in [0.15, 0.2) is 29.5 Å². The third-order valence-corrected chi connectivity index (χ3v) is 3.71. The highest BCUT2D eigenvalue weighted by molar-refractivity contribution is 5.66. The van der Waals surface area contributed by atoms with Crippen LogP contribution in [-0.2, 0) is 12.7 Å². The number of rotatable bonds is 4. The van der Waals surface area contributed by atoms with Gasteiger partial charge in [0.1, 0.15) is 5.75 Å². The molecule has 0 spiro atoms. The van der Waals surface area contributed by atoms with E-state index in [1.807, 2.05) is 0 Å². The van der Waals surface area contributed by atoms with Crippen molar-refractivity contribution < 1.29 is 31.1 Å². The van der Waals surface area contributed by atoms with Crippen LogP contribution in [0.3, 0.4) is 0 Å². The van der Waals surface area contributed by atoms with Crippen LogP contribution in [0.5, 0.6) is 5.75 Å². The van der Waals surface area contributed by atoms with Crippen molar-refractivity contribution in [2.24, 2.45) is 0 Å². The standard InChI is InChI=1S/C15H11F6N5O2/c1-28-9-4-10-24-12(15(19,20)21)11(13(27)26(10)23-6-9)8-5-22-25(7-8)3-2-14(16,17)18/h4-7H,2-3H2,1H3. The Morgan fingerprint density at radius 1 is 1.11 bits per heavy atom. The molecule has 28 heavy (non-hydrogen) atoms. The van der Waals surface area contributed by atoms with Crippen LogP contribution in [0.1, 0.15) is 12.1 Å². The second-order valence-electron chi connectivity index (χ2n) is 5.66. The molecule has 0 radical (unpaired) electrons. The van der Waals surface area contributed by atoms with Crippen LogP contribution in [-0.4, -0.2) is 37.7 Å². The van der Waals surface area contributed by atoms with Gasteiger partial charge in [-0.25, -0.2) is 4.98 Å². The van der Waals surface area contributed by atoms with E-state index in [0.29, 0.717) is 4.52 Å². The van der Waals surface area contributed by atoms with Crippen LogP contribution < -0.4 is 10.3 Å². The maximum Gasteiger partial charge on any atom is 0.434 e. The highest BCUT2D eigenvalue weighted by Gasteiger charge is 2.38. The summed E-state index contributed by atoms with van der Waals surface area (Å²) in [4.78, 5) is 16.1. The third kappa shape index (κ3) is 3.92. The molecule has 0 amide bonds. The van der Waals surface area contributed by atoms with Crippen LogP contribution in [0.4, 0.5) is 26.3 Å². The molecule has 13 heteroatoms. The molecule has 3 aromatic heterocycles. The fourth-order valence-corrected chi connectivity index (χ4v) is 2.45. The summed E-state index contributed by atoms with van der Waals surface area (Å²) in [6.45, 7) is -0.608. The SMILES string of the molecule is COc1cnn2c(=O)c(-c3cnn(CCC(F)(F)F)c3)c(C(F)(F)F)nc2c1. The quantitative estimate of drug-likeness (QED) is 0.622. The smallest absolute Gasteiger partial charge is 0.434 e. The number of alkyl halides is 6. The molecular formula is C15H11F6N5O2. The van der Waals surface area contributed by atoms with E-state index in [1.165, 1.54) is 7.11 Å². The first-order chi connectivity index (χ1) is 13.0. The first-order valence-electron chi connectivity index (χ1n) is 7.63. The zero-order chi connectivity index (χ0) is 20.7. The monoisotopic (exact) mass is 407 g/mol. The third-order valence-electron chi connectivity index (χ3n) is 3.71. The number of aryl methyl sites for hydroxylation is 1. The van der Waals surface area contributed by atoms with Gasteiger partial charge < -0.3 is 4.74 Å². The van der Waals surface area contributed by atoms with E-state index in [4.69, 9.17) is 4.74 Å². The van der Waals surface area contributed by atoms with Gasteiger partial charge in [0.05, 0.1) is 31.5 Å². The molecule has 0 aliphatic rings. The molecule has 0 saturated heterocycles. The van der Waals surface area contributed by atoms with Crippen molar-refractivity contribution in [1.82, 2.24) is 24.4 Å². The lowest BCUT2D eigenvalue weighted by Crippen LogP contribution is -2.25. The molecular weight excluding hydrogens is 396 g/mol. The molecule has 3 heterocycles. The molecule has 0 unspecified atom stereocenters. The first kappa shape index (κ1) is 19.6. The topological polar surface area (TPSA) is 74.3 Å². The summed E-state index contributed by atoms with van der Waals surface area (Å²) in [5.41, 5.74) is -4.22. The molecule has 3 rings (SSSR count). The van der Waals surface area contributed by atoms with Crippen molar-refractivity contribution >= 4 is 5.65 Å². The zero-order valence-corrected chi connectivity index (χ0v) is 14.0. The lowest BCUT2D eigenvalue weighted by molar-refractivity contribution is -0.140. The lowest BCUT2D eigenvalue weighted by atomic mass is 10.1. The van der Waals surface area contributed by atoms with E-state index < -0.39 is 47.8 Å². The molecule has 0 atom stereocenters. The summed E-state index contributed by atoms with van der Waals surface area (Å²) in [5.74, 6) is 0.0905. The van der Waals surface area contributed by atoms with Crippen molar-refractivity contribution in [2.45, 2.75) is 25.3 Å². The molecule has 7 nitrogen and oxygen atoms in total. The molecule has 150 valence electrons. The molecule has 0 fully saturated rings. The van der Waals surface area contributed by atoms with Gasteiger partial charge >= 0.3 is 12.4 Å². The summed E-state index contributed by atoms with van der Waals surface area (Å²) in [7, 11) is 1.26. The van der Waals surface area contributed by atoms with Crippen LogP contribution in [0.2, 0.25) is 0 Å². The Balaban J connectivity index is 2.16. The average molecular weight is 407 g/mol. The summed E-state index contributed by atoms with van der Waals surface area (Å²) in [5, 5.41) is 7.31. The Labute approximate surface area is 152 Å². The van der Waals surface area contributed by atoms with Crippen LogP contribution in [0.25, 0.3) is 16.8 Å². The van der Waals surface area contributed by atoms with Crippen molar-refractivity contribution in [1.29, 1.82) is 0 Å². The maximum absolute atomic E-state index is 13.5. The normalized spacial score (nSPS) is 12.5. The Bertz CT molecular complexity index is 1070. The van der Waals surface area contributed by atoms with Gasteiger partial charge in [0, 0.05) is 24.4 Å². The van der Waals surface area contributed by atoms with Gasteiger partial charge in [-0.05, 0) is 0 Å². The van der Waals surface area contributed by atoms with E-state index >= 15 is 0 Å². The number of fused-ring (bicyclic) bond motifs is 1. The number of hydrogen-bond donors (Lipinski definition) is 0. The Kier molecular flexibility index (Phi) is 4.77. The Morgan fingerprint density at radius 3 is 2.43 bits per heavy atom. The van der Waals surface area contributed by atoms with Crippen LogP contribution in [0, 0.1) is 0 Å². The zero-order valence-electron chi connectivity index (χ0n) is 14.0. The summed E-state index contributed by atoms with van der Waals surface area (Å²) < 4.78 is 83.8.